The minimum Gasteiger partial charge on any atom is -0.465 e. The Morgan fingerprint density at radius 3 is 2.57 bits per heavy atom. The zero-order valence-corrected chi connectivity index (χ0v) is 12.9. The predicted octanol–water partition coefficient (Wildman–Crippen LogP) is 2.74. The number of methoxy groups -OCH3 is 1. The molecule has 0 saturated carbocycles. The van der Waals surface area contributed by atoms with E-state index in [2.05, 4.69) is 15.4 Å². The predicted molar refractivity (Wildman–Crippen MR) is 87.9 cm³/mol. The first-order valence-electron chi connectivity index (χ1n) is 6.56. The van der Waals surface area contributed by atoms with Gasteiger partial charge in [0.15, 0.2) is 5.11 Å². The molecule has 0 aliphatic carbocycles. The average Bonchev–Trinajstić information content (AvgIpc) is 2.54. The number of nitrogens with one attached hydrogen (secondary N) is 2. The van der Waals surface area contributed by atoms with E-state index in [1.165, 1.54) is 31.4 Å². The highest BCUT2D eigenvalue weighted by molar-refractivity contribution is 7.80. The van der Waals surface area contributed by atoms with Gasteiger partial charge in [0, 0.05) is 5.69 Å². The van der Waals surface area contributed by atoms with Gasteiger partial charge in [-0.15, -0.1) is 0 Å². The number of benzene rings is 2. The zero-order chi connectivity index (χ0) is 16.8. The number of ether oxygens (including phenoxy) is 1. The Balaban J connectivity index is 2.04. The standard InChI is InChI=1S/C16H13FN2O3S/c1-22-15(21)10-5-4-6-11(9-10)18-16(23)19-14(20)12-7-2-3-8-13(12)17/h2-9H,1H3,(H2,18,19,20,23). The lowest BCUT2D eigenvalue weighted by atomic mass is 10.2. The molecular weight excluding hydrogens is 319 g/mol. The number of hydrogen-bond acceptors (Lipinski definition) is 4. The second-order valence-electron chi connectivity index (χ2n) is 4.46. The summed E-state index contributed by atoms with van der Waals surface area (Å²) < 4.78 is 18.1. The van der Waals surface area contributed by atoms with Crippen LogP contribution < -0.4 is 10.6 Å². The Kier molecular flexibility index (Phi) is 5.37. The zero-order valence-electron chi connectivity index (χ0n) is 12.1. The van der Waals surface area contributed by atoms with Gasteiger partial charge in [-0.2, -0.15) is 0 Å². The molecule has 0 bridgehead atoms. The Labute approximate surface area is 137 Å². The monoisotopic (exact) mass is 332 g/mol. The Bertz CT molecular complexity index is 764. The summed E-state index contributed by atoms with van der Waals surface area (Å²) in [5, 5.41) is 5.11. The van der Waals surface area contributed by atoms with E-state index in [4.69, 9.17) is 12.2 Å². The highest BCUT2D eigenvalue weighted by Gasteiger charge is 2.12. The molecule has 0 atom stereocenters. The molecule has 2 rings (SSSR count). The lowest BCUT2D eigenvalue weighted by Crippen LogP contribution is -2.34. The van der Waals surface area contributed by atoms with Gasteiger partial charge in [-0.05, 0) is 42.5 Å². The van der Waals surface area contributed by atoms with Gasteiger partial charge in [-0.3, -0.25) is 10.1 Å². The van der Waals surface area contributed by atoms with Crippen molar-refractivity contribution in [1.29, 1.82) is 0 Å². The van der Waals surface area contributed by atoms with Crippen LogP contribution in [0, 0.1) is 5.82 Å². The summed E-state index contributed by atoms with van der Waals surface area (Å²) in [6.45, 7) is 0. The summed E-state index contributed by atoms with van der Waals surface area (Å²) in [6, 6.07) is 12.0. The Hall–Kier alpha value is -2.80. The number of halogens is 1. The quantitative estimate of drug-likeness (QED) is 0.668. The van der Waals surface area contributed by atoms with Crippen LogP contribution in [0.2, 0.25) is 0 Å². The van der Waals surface area contributed by atoms with Crippen molar-refractivity contribution in [3.8, 4) is 0 Å². The molecule has 1 amide bonds. The third kappa shape index (κ3) is 4.33. The molecule has 118 valence electrons. The van der Waals surface area contributed by atoms with E-state index < -0.39 is 17.7 Å². The van der Waals surface area contributed by atoms with E-state index in [0.29, 0.717) is 11.3 Å². The van der Waals surface area contributed by atoms with Crippen molar-refractivity contribution in [3.05, 3.63) is 65.5 Å². The summed E-state index contributed by atoms with van der Waals surface area (Å²) in [5.74, 6) is -1.79. The van der Waals surface area contributed by atoms with Gasteiger partial charge in [0.2, 0.25) is 0 Å². The van der Waals surface area contributed by atoms with E-state index in [9.17, 15) is 14.0 Å². The highest BCUT2D eigenvalue weighted by Crippen LogP contribution is 2.12. The number of carbonyl (C=O) groups is 2. The molecule has 0 fully saturated rings. The molecule has 2 aromatic rings. The molecule has 2 N–H and O–H groups in total. The van der Waals surface area contributed by atoms with E-state index >= 15 is 0 Å². The van der Waals surface area contributed by atoms with Gasteiger partial charge in [-0.25, -0.2) is 9.18 Å². The van der Waals surface area contributed by atoms with Crippen molar-refractivity contribution in [2.75, 3.05) is 12.4 Å². The highest BCUT2D eigenvalue weighted by atomic mass is 32.1. The molecule has 5 nitrogen and oxygen atoms in total. The first-order chi connectivity index (χ1) is 11.0. The van der Waals surface area contributed by atoms with Gasteiger partial charge < -0.3 is 10.1 Å². The van der Waals surface area contributed by atoms with Gasteiger partial charge >= 0.3 is 5.97 Å². The molecule has 0 heterocycles. The molecule has 2 aromatic carbocycles. The van der Waals surface area contributed by atoms with Crippen LogP contribution in [0.25, 0.3) is 0 Å². The molecule has 0 saturated heterocycles. The van der Waals surface area contributed by atoms with E-state index in [1.54, 1.807) is 24.3 Å². The smallest absolute Gasteiger partial charge is 0.337 e. The number of anilines is 1. The van der Waals surface area contributed by atoms with Crippen molar-refractivity contribution < 1.29 is 18.7 Å². The van der Waals surface area contributed by atoms with E-state index in [1.807, 2.05) is 0 Å². The number of thiocarbonyl (C=S) groups is 1. The van der Waals surface area contributed by atoms with Crippen LogP contribution in [-0.4, -0.2) is 24.1 Å². The molecule has 7 heteroatoms. The number of carbonyl (C=O) groups excluding carboxylic acids is 2. The molecular formula is C16H13FN2O3S. The maximum Gasteiger partial charge on any atom is 0.337 e. The SMILES string of the molecule is COC(=O)c1cccc(NC(=S)NC(=O)c2ccccc2F)c1. The van der Waals surface area contributed by atoms with Crippen molar-refractivity contribution >= 4 is 34.9 Å². The number of hydrogen-bond donors (Lipinski definition) is 2. The minimum atomic E-state index is -0.662. The second kappa shape index (κ2) is 7.46. The number of esters is 1. The topological polar surface area (TPSA) is 67.4 Å². The summed E-state index contributed by atoms with van der Waals surface area (Å²) in [6.07, 6.45) is 0. The van der Waals surface area contributed by atoms with Crippen molar-refractivity contribution in [1.82, 2.24) is 5.32 Å². The normalized spacial score (nSPS) is 9.83. The lowest BCUT2D eigenvalue weighted by molar-refractivity contribution is 0.0600. The number of rotatable bonds is 3. The van der Waals surface area contributed by atoms with E-state index in [0.717, 1.165) is 0 Å². The second-order valence-corrected chi connectivity index (χ2v) is 4.87. The van der Waals surface area contributed by atoms with Gasteiger partial charge in [0.05, 0.1) is 18.2 Å². The lowest BCUT2D eigenvalue weighted by Gasteiger charge is -2.10. The summed E-state index contributed by atoms with van der Waals surface area (Å²) in [5.41, 5.74) is 0.715. The van der Waals surface area contributed by atoms with E-state index in [-0.39, 0.29) is 10.7 Å². The summed E-state index contributed by atoms with van der Waals surface area (Å²) in [4.78, 5) is 23.4. The fourth-order valence-corrected chi connectivity index (χ4v) is 2.03. The molecule has 0 aliphatic heterocycles. The Morgan fingerprint density at radius 2 is 1.87 bits per heavy atom. The third-order valence-corrected chi connectivity index (χ3v) is 3.09. The van der Waals surface area contributed by atoms with Crippen LogP contribution >= 0.6 is 12.2 Å². The van der Waals surface area contributed by atoms with Gasteiger partial charge in [-0.1, -0.05) is 18.2 Å². The molecule has 0 radical (unpaired) electrons. The molecule has 0 aromatic heterocycles. The van der Waals surface area contributed by atoms with Crippen LogP contribution in [0.15, 0.2) is 48.5 Å². The van der Waals surface area contributed by atoms with Crippen LogP contribution in [0.5, 0.6) is 0 Å². The molecule has 23 heavy (non-hydrogen) atoms. The molecule has 0 unspecified atom stereocenters. The maximum atomic E-state index is 13.5. The van der Waals surface area contributed by atoms with Crippen LogP contribution in [0.1, 0.15) is 20.7 Å². The number of amides is 1. The largest absolute Gasteiger partial charge is 0.465 e. The van der Waals surface area contributed by atoms with Crippen molar-refractivity contribution in [3.63, 3.8) is 0 Å². The minimum absolute atomic E-state index is 0.0136. The van der Waals surface area contributed by atoms with Gasteiger partial charge in [0.1, 0.15) is 5.82 Å². The Morgan fingerprint density at radius 1 is 1.13 bits per heavy atom. The molecule has 0 aliphatic rings. The fourth-order valence-electron chi connectivity index (χ4n) is 1.82. The van der Waals surface area contributed by atoms with Crippen molar-refractivity contribution in [2.24, 2.45) is 0 Å². The van der Waals surface area contributed by atoms with Gasteiger partial charge in [0.25, 0.3) is 5.91 Å². The summed E-state index contributed by atoms with van der Waals surface area (Å²) >= 11 is 5.01. The van der Waals surface area contributed by atoms with Crippen LogP contribution in [-0.2, 0) is 4.74 Å². The van der Waals surface area contributed by atoms with Crippen molar-refractivity contribution in [2.45, 2.75) is 0 Å². The first-order valence-corrected chi connectivity index (χ1v) is 6.97. The summed E-state index contributed by atoms with van der Waals surface area (Å²) in [7, 11) is 1.28. The fraction of sp³-hybridized carbons (Fsp3) is 0.0625. The molecule has 0 spiro atoms. The van der Waals surface area contributed by atoms with Crippen LogP contribution in [0.3, 0.4) is 0 Å². The maximum absolute atomic E-state index is 13.5. The van der Waals surface area contributed by atoms with Crippen LogP contribution in [0.4, 0.5) is 10.1 Å². The first kappa shape index (κ1) is 16.6. The third-order valence-electron chi connectivity index (χ3n) is 2.89. The average molecular weight is 332 g/mol.